The van der Waals surface area contributed by atoms with E-state index in [1.165, 1.54) is 12.1 Å². The zero-order valence-corrected chi connectivity index (χ0v) is 14.7. The number of methoxy groups -OCH3 is 1. The first-order valence-electron chi connectivity index (χ1n) is 7.75. The summed E-state index contributed by atoms with van der Waals surface area (Å²) in [5.74, 6) is 0.0903. The molecule has 0 saturated carbocycles. The highest BCUT2D eigenvalue weighted by Gasteiger charge is 2.16. The molecule has 0 fully saturated rings. The number of halogens is 2. The Balaban J connectivity index is 1.81. The number of amides is 1. The molecule has 3 aromatic carbocycles. The first kappa shape index (κ1) is 17.2. The van der Waals surface area contributed by atoms with Gasteiger partial charge in [-0.25, -0.2) is 4.39 Å². The molecule has 0 radical (unpaired) electrons. The monoisotopic (exact) mass is 357 g/mol. The van der Waals surface area contributed by atoms with Crippen molar-refractivity contribution in [2.45, 2.75) is 6.54 Å². The summed E-state index contributed by atoms with van der Waals surface area (Å²) in [7, 11) is 3.33. The zero-order valence-electron chi connectivity index (χ0n) is 13.9. The van der Waals surface area contributed by atoms with Crippen LogP contribution in [-0.4, -0.2) is 25.0 Å². The number of carbonyl (C=O) groups excluding carboxylic acids is 1. The number of fused-ring (bicyclic) bond motifs is 1. The molecule has 3 rings (SSSR count). The molecule has 3 aromatic rings. The van der Waals surface area contributed by atoms with E-state index in [2.05, 4.69) is 0 Å². The molecule has 0 aliphatic heterocycles. The van der Waals surface area contributed by atoms with Crippen LogP contribution in [0.1, 0.15) is 15.9 Å². The molecule has 1 amide bonds. The minimum atomic E-state index is -0.464. The van der Waals surface area contributed by atoms with Gasteiger partial charge in [-0.05, 0) is 52.7 Å². The molecule has 0 saturated heterocycles. The van der Waals surface area contributed by atoms with E-state index in [1.807, 2.05) is 36.4 Å². The van der Waals surface area contributed by atoms with Crippen molar-refractivity contribution in [3.05, 3.63) is 76.6 Å². The van der Waals surface area contributed by atoms with Gasteiger partial charge in [-0.3, -0.25) is 4.79 Å². The second kappa shape index (κ2) is 7.11. The summed E-state index contributed by atoms with van der Waals surface area (Å²) in [5.41, 5.74) is 1.28. The van der Waals surface area contributed by atoms with Gasteiger partial charge in [-0.1, -0.05) is 29.8 Å². The quantitative estimate of drug-likeness (QED) is 0.663. The average molecular weight is 358 g/mol. The van der Waals surface area contributed by atoms with Crippen LogP contribution in [0.25, 0.3) is 10.8 Å². The van der Waals surface area contributed by atoms with Gasteiger partial charge in [0.25, 0.3) is 5.91 Å². The second-order valence-corrected chi connectivity index (χ2v) is 6.24. The van der Waals surface area contributed by atoms with Crippen molar-refractivity contribution in [3.63, 3.8) is 0 Å². The topological polar surface area (TPSA) is 29.5 Å². The molecule has 0 atom stereocenters. The maximum atomic E-state index is 13.1. The highest BCUT2D eigenvalue weighted by Crippen LogP contribution is 2.23. The summed E-state index contributed by atoms with van der Waals surface area (Å²) in [4.78, 5) is 14.1. The van der Waals surface area contributed by atoms with Gasteiger partial charge in [0.2, 0.25) is 0 Å². The van der Waals surface area contributed by atoms with Crippen molar-refractivity contribution in [2.75, 3.05) is 14.2 Å². The highest BCUT2D eigenvalue weighted by molar-refractivity contribution is 6.33. The van der Waals surface area contributed by atoms with Gasteiger partial charge >= 0.3 is 0 Å². The number of nitrogens with zero attached hydrogens (tertiary/aromatic N) is 1. The average Bonchev–Trinajstić information content (AvgIpc) is 2.60. The second-order valence-electron chi connectivity index (χ2n) is 5.83. The zero-order chi connectivity index (χ0) is 18.0. The van der Waals surface area contributed by atoms with Gasteiger partial charge in [0.05, 0.1) is 17.7 Å². The van der Waals surface area contributed by atoms with E-state index < -0.39 is 5.82 Å². The van der Waals surface area contributed by atoms with Gasteiger partial charge in [-0.2, -0.15) is 0 Å². The minimum absolute atomic E-state index is 0.113. The predicted molar refractivity (Wildman–Crippen MR) is 97.7 cm³/mol. The summed E-state index contributed by atoms with van der Waals surface area (Å²) < 4.78 is 18.4. The Kier molecular flexibility index (Phi) is 4.91. The van der Waals surface area contributed by atoms with Gasteiger partial charge in [0, 0.05) is 13.6 Å². The maximum absolute atomic E-state index is 13.1. The van der Waals surface area contributed by atoms with Crippen LogP contribution >= 0.6 is 11.6 Å². The molecule has 0 aromatic heterocycles. The number of rotatable bonds is 4. The standard InChI is InChI=1S/C20H17ClFNO2/c1-23(20(24)18-8-6-16(22)11-19(18)21)12-13-3-4-15-10-17(25-2)7-5-14(15)9-13/h3-11H,12H2,1-2H3. The Morgan fingerprint density at radius 2 is 1.80 bits per heavy atom. The van der Waals surface area contributed by atoms with E-state index in [-0.39, 0.29) is 16.5 Å². The normalized spacial score (nSPS) is 10.7. The number of ether oxygens (including phenoxy) is 1. The van der Waals surface area contributed by atoms with Gasteiger partial charge in [0.15, 0.2) is 0 Å². The Hall–Kier alpha value is -2.59. The first-order valence-corrected chi connectivity index (χ1v) is 8.13. The predicted octanol–water partition coefficient (Wildman–Crippen LogP) is 4.91. The summed E-state index contributed by atoms with van der Waals surface area (Å²) in [6.07, 6.45) is 0. The lowest BCUT2D eigenvalue weighted by molar-refractivity contribution is 0.0785. The molecular weight excluding hydrogens is 341 g/mol. The molecule has 0 unspecified atom stereocenters. The van der Waals surface area contributed by atoms with E-state index in [1.54, 1.807) is 19.1 Å². The third-order valence-corrected chi connectivity index (χ3v) is 4.35. The van der Waals surface area contributed by atoms with E-state index >= 15 is 0 Å². The van der Waals surface area contributed by atoms with E-state index in [0.29, 0.717) is 6.54 Å². The summed E-state index contributed by atoms with van der Waals surface area (Å²) in [6, 6.07) is 15.6. The number of hydrogen-bond donors (Lipinski definition) is 0. The number of carbonyl (C=O) groups is 1. The first-order chi connectivity index (χ1) is 12.0. The molecule has 0 aliphatic carbocycles. The lowest BCUT2D eigenvalue weighted by Crippen LogP contribution is -2.26. The third-order valence-electron chi connectivity index (χ3n) is 4.04. The minimum Gasteiger partial charge on any atom is -0.497 e. The smallest absolute Gasteiger partial charge is 0.255 e. The van der Waals surface area contributed by atoms with Gasteiger partial charge in [-0.15, -0.1) is 0 Å². The maximum Gasteiger partial charge on any atom is 0.255 e. The molecule has 0 aliphatic rings. The van der Waals surface area contributed by atoms with Crippen LogP contribution in [0, 0.1) is 5.82 Å². The molecule has 3 nitrogen and oxygen atoms in total. The Morgan fingerprint density at radius 1 is 1.08 bits per heavy atom. The van der Waals surface area contributed by atoms with E-state index in [4.69, 9.17) is 16.3 Å². The van der Waals surface area contributed by atoms with Crippen molar-refractivity contribution in [1.82, 2.24) is 4.90 Å². The van der Waals surface area contributed by atoms with Crippen LogP contribution in [0.3, 0.4) is 0 Å². The van der Waals surface area contributed by atoms with Crippen molar-refractivity contribution >= 4 is 28.3 Å². The molecule has 5 heteroatoms. The van der Waals surface area contributed by atoms with Crippen LogP contribution in [0.2, 0.25) is 5.02 Å². The fourth-order valence-corrected chi connectivity index (χ4v) is 2.96. The lowest BCUT2D eigenvalue weighted by Gasteiger charge is -2.18. The molecule has 0 heterocycles. The fraction of sp³-hybridized carbons (Fsp3) is 0.150. The van der Waals surface area contributed by atoms with Crippen molar-refractivity contribution in [1.29, 1.82) is 0 Å². The van der Waals surface area contributed by atoms with Crippen molar-refractivity contribution < 1.29 is 13.9 Å². The summed E-state index contributed by atoms with van der Waals surface area (Å²) >= 11 is 5.98. The highest BCUT2D eigenvalue weighted by atomic mass is 35.5. The largest absolute Gasteiger partial charge is 0.497 e. The van der Waals surface area contributed by atoms with E-state index in [9.17, 15) is 9.18 Å². The van der Waals surface area contributed by atoms with Crippen LogP contribution in [0.4, 0.5) is 4.39 Å². The van der Waals surface area contributed by atoms with Crippen molar-refractivity contribution in [3.8, 4) is 5.75 Å². The number of benzene rings is 3. The Bertz CT molecular complexity index is 942. The van der Waals surface area contributed by atoms with Gasteiger partial charge < -0.3 is 9.64 Å². The third kappa shape index (κ3) is 3.74. The SMILES string of the molecule is COc1ccc2cc(CN(C)C(=O)c3ccc(F)cc3Cl)ccc2c1. The van der Waals surface area contributed by atoms with Crippen LogP contribution < -0.4 is 4.74 Å². The molecule has 128 valence electrons. The van der Waals surface area contributed by atoms with Crippen LogP contribution in [-0.2, 0) is 6.54 Å². The molecular formula is C20H17ClFNO2. The Labute approximate surface area is 150 Å². The van der Waals surface area contributed by atoms with Crippen molar-refractivity contribution in [2.24, 2.45) is 0 Å². The molecule has 0 bridgehead atoms. The molecule has 0 N–H and O–H groups in total. The molecule has 0 spiro atoms. The molecule has 25 heavy (non-hydrogen) atoms. The Morgan fingerprint density at radius 3 is 2.52 bits per heavy atom. The lowest BCUT2D eigenvalue weighted by atomic mass is 10.1. The van der Waals surface area contributed by atoms with Gasteiger partial charge in [0.1, 0.15) is 11.6 Å². The van der Waals surface area contributed by atoms with Crippen LogP contribution in [0.15, 0.2) is 54.6 Å². The van der Waals surface area contributed by atoms with E-state index in [0.717, 1.165) is 28.2 Å². The van der Waals surface area contributed by atoms with Crippen LogP contribution in [0.5, 0.6) is 5.75 Å². The summed E-state index contributed by atoms with van der Waals surface area (Å²) in [6.45, 7) is 0.425. The summed E-state index contributed by atoms with van der Waals surface area (Å²) in [5, 5.41) is 2.25. The number of hydrogen-bond acceptors (Lipinski definition) is 2. The fourth-order valence-electron chi connectivity index (χ4n) is 2.71.